The topological polar surface area (TPSA) is 72.8 Å². The van der Waals surface area contributed by atoms with Crippen LogP contribution in [0.4, 0.5) is 0 Å². The van der Waals surface area contributed by atoms with Crippen LogP contribution >= 0.6 is 0 Å². The van der Waals surface area contributed by atoms with Gasteiger partial charge in [-0.2, -0.15) is 0 Å². The predicted molar refractivity (Wildman–Crippen MR) is 86.9 cm³/mol. The second kappa shape index (κ2) is 5.74. The number of rotatable bonds is 2. The highest BCUT2D eigenvalue weighted by molar-refractivity contribution is 5.99. The molecule has 0 saturated carbocycles. The van der Waals surface area contributed by atoms with Gasteiger partial charge >= 0.3 is 11.8 Å². The van der Waals surface area contributed by atoms with E-state index in [1.54, 1.807) is 0 Å². The van der Waals surface area contributed by atoms with Gasteiger partial charge in [-0.05, 0) is 11.0 Å². The van der Waals surface area contributed by atoms with E-state index in [0.717, 1.165) is 5.56 Å². The van der Waals surface area contributed by atoms with E-state index in [9.17, 15) is 14.7 Å². The molecule has 5 nitrogen and oxygen atoms in total. The van der Waals surface area contributed by atoms with Gasteiger partial charge in [-0.1, -0.05) is 44.2 Å². The van der Waals surface area contributed by atoms with Crippen molar-refractivity contribution in [3.05, 3.63) is 47.2 Å². The summed E-state index contributed by atoms with van der Waals surface area (Å²) in [5, 5.41) is 10.7. The lowest BCUT2D eigenvalue weighted by atomic mass is 9.70. The first-order valence-electron chi connectivity index (χ1n) is 8.07. The molecule has 2 aliphatic rings. The number of esters is 1. The van der Waals surface area contributed by atoms with Gasteiger partial charge in [0.2, 0.25) is 0 Å². The maximum Gasteiger partial charge on any atom is 0.379 e. The molecule has 0 aromatic heterocycles. The zero-order valence-corrected chi connectivity index (χ0v) is 14.2. The molecule has 1 aliphatic heterocycles. The molecule has 24 heavy (non-hydrogen) atoms. The standard InChI is InChI=1S/C19H22O5/c1-18(2)10-14(20)16-13(12-7-5-4-6-8-12)9-19(22,17(21)23-3)24-15(16)11-18/h4-8,13,22H,9-11H2,1-3H3. The number of aliphatic hydroxyl groups is 1. The number of hydrogen-bond acceptors (Lipinski definition) is 5. The zero-order valence-electron chi connectivity index (χ0n) is 14.2. The van der Waals surface area contributed by atoms with Crippen molar-refractivity contribution >= 4 is 11.8 Å². The largest absolute Gasteiger partial charge is 0.464 e. The van der Waals surface area contributed by atoms with Crippen molar-refractivity contribution in [2.45, 2.75) is 44.8 Å². The van der Waals surface area contributed by atoms with Gasteiger partial charge in [-0.15, -0.1) is 0 Å². The first-order chi connectivity index (χ1) is 11.3. The second-order valence-corrected chi connectivity index (χ2v) is 7.32. The van der Waals surface area contributed by atoms with E-state index in [2.05, 4.69) is 0 Å². The molecule has 3 rings (SSSR count). The third-order valence-corrected chi connectivity index (χ3v) is 4.71. The Bertz CT molecular complexity index is 704. The first kappa shape index (κ1) is 16.7. The van der Waals surface area contributed by atoms with Crippen molar-refractivity contribution in [3.63, 3.8) is 0 Å². The minimum absolute atomic E-state index is 0.0158. The number of benzene rings is 1. The van der Waals surface area contributed by atoms with E-state index in [1.807, 2.05) is 44.2 Å². The average molecular weight is 330 g/mol. The lowest BCUT2D eigenvalue weighted by Crippen LogP contribution is -2.48. The summed E-state index contributed by atoms with van der Waals surface area (Å²) in [4.78, 5) is 24.8. The maximum absolute atomic E-state index is 12.7. The number of methoxy groups -OCH3 is 1. The number of carbonyl (C=O) groups is 2. The maximum atomic E-state index is 12.7. The van der Waals surface area contributed by atoms with Gasteiger partial charge in [-0.25, -0.2) is 4.79 Å². The monoisotopic (exact) mass is 330 g/mol. The molecule has 2 atom stereocenters. The number of carbonyl (C=O) groups excluding carboxylic acids is 2. The van der Waals surface area contributed by atoms with Crippen LogP contribution in [0.25, 0.3) is 0 Å². The van der Waals surface area contributed by atoms with Crippen molar-refractivity contribution in [1.82, 2.24) is 0 Å². The summed E-state index contributed by atoms with van der Waals surface area (Å²) < 4.78 is 10.3. The van der Waals surface area contributed by atoms with Crippen LogP contribution < -0.4 is 0 Å². The van der Waals surface area contributed by atoms with Crippen LogP contribution in [0.3, 0.4) is 0 Å². The van der Waals surface area contributed by atoms with Crippen molar-refractivity contribution in [2.24, 2.45) is 5.41 Å². The molecular weight excluding hydrogens is 308 g/mol. The van der Waals surface area contributed by atoms with Crippen molar-refractivity contribution < 1.29 is 24.2 Å². The zero-order chi connectivity index (χ0) is 17.5. The fourth-order valence-corrected chi connectivity index (χ4v) is 3.64. The number of ketones is 1. The summed E-state index contributed by atoms with van der Waals surface area (Å²) in [5.41, 5.74) is 1.18. The van der Waals surface area contributed by atoms with Crippen LogP contribution in [0.5, 0.6) is 0 Å². The smallest absolute Gasteiger partial charge is 0.379 e. The molecule has 128 valence electrons. The predicted octanol–water partition coefficient (Wildman–Crippen LogP) is 2.70. The van der Waals surface area contributed by atoms with Crippen LogP contribution in [0.2, 0.25) is 0 Å². The third-order valence-electron chi connectivity index (χ3n) is 4.71. The van der Waals surface area contributed by atoms with E-state index in [-0.39, 0.29) is 23.5 Å². The van der Waals surface area contributed by atoms with Crippen LogP contribution in [-0.4, -0.2) is 29.8 Å². The minimum Gasteiger partial charge on any atom is -0.464 e. The van der Waals surface area contributed by atoms with Crippen molar-refractivity contribution in [1.29, 1.82) is 0 Å². The van der Waals surface area contributed by atoms with E-state index < -0.39 is 11.8 Å². The van der Waals surface area contributed by atoms with Gasteiger partial charge in [0.25, 0.3) is 0 Å². The van der Waals surface area contributed by atoms with Gasteiger partial charge in [0, 0.05) is 30.8 Å². The Balaban J connectivity index is 2.12. The number of ether oxygens (including phenoxy) is 2. The van der Waals surface area contributed by atoms with Crippen molar-refractivity contribution in [3.8, 4) is 0 Å². The van der Waals surface area contributed by atoms with E-state index >= 15 is 0 Å². The van der Waals surface area contributed by atoms with Crippen LogP contribution in [0.1, 0.15) is 44.6 Å². The highest BCUT2D eigenvalue weighted by Crippen LogP contribution is 2.49. The fourth-order valence-electron chi connectivity index (χ4n) is 3.64. The Morgan fingerprint density at radius 3 is 2.54 bits per heavy atom. The molecule has 0 saturated heterocycles. The Labute approximate surface area is 141 Å². The third kappa shape index (κ3) is 2.84. The molecule has 0 amide bonds. The highest BCUT2D eigenvalue weighted by atomic mass is 16.7. The Morgan fingerprint density at radius 1 is 1.25 bits per heavy atom. The van der Waals surface area contributed by atoms with Crippen LogP contribution in [0, 0.1) is 5.41 Å². The SMILES string of the molecule is COC(=O)C1(O)CC(c2ccccc2)C2=C(CC(C)(C)CC2=O)O1. The summed E-state index contributed by atoms with van der Waals surface area (Å²) in [6.07, 6.45) is 0.889. The van der Waals surface area contributed by atoms with Crippen molar-refractivity contribution in [2.75, 3.05) is 7.11 Å². The molecule has 2 unspecified atom stereocenters. The molecule has 0 bridgehead atoms. The highest BCUT2D eigenvalue weighted by Gasteiger charge is 2.52. The Morgan fingerprint density at radius 2 is 1.92 bits per heavy atom. The molecule has 1 aromatic carbocycles. The average Bonchev–Trinajstić information content (AvgIpc) is 2.52. The molecule has 1 aromatic rings. The molecular formula is C19H22O5. The number of Topliss-reactive ketones (excluding diaryl/α,β-unsaturated/α-hetero) is 1. The summed E-state index contributed by atoms with van der Waals surface area (Å²) in [6.45, 7) is 3.95. The van der Waals surface area contributed by atoms with Gasteiger partial charge < -0.3 is 14.6 Å². The first-order valence-corrected chi connectivity index (χ1v) is 8.07. The molecule has 1 aliphatic carbocycles. The van der Waals surface area contributed by atoms with E-state index in [0.29, 0.717) is 24.2 Å². The van der Waals surface area contributed by atoms with Gasteiger partial charge in [0.1, 0.15) is 5.76 Å². The fraction of sp³-hybridized carbons (Fsp3) is 0.474. The molecule has 5 heteroatoms. The summed E-state index contributed by atoms with van der Waals surface area (Å²) in [7, 11) is 1.21. The molecule has 0 fully saturated rings. The summed E-state index contributed by atoms with van der Waals surface area (Å²) in [6, 6.07) is 9.42. The quantitative estimate of drug-likeness (QED) is 0.844. The Hall–Kier alpha value is -2.14. The van der Waals surface area contributed by atoms with E-state index in [1.165, 1.54) is 7.11 Å². The molecule has 0 radical (unpaired) electrons. The Kier molecular flexibility index (Phi) is 4.00. The van der Waals surface area contributed by atoms with Crippen LogP contribution in [0.15, 0.2) is 41.7 Å². The normalized spacial score (nSPS) is 28.8. The molecule has 1 heterocycles. The van der Waals surface area contributed by atoms with Gasteiger partial charge in [-0.3, -0.25) is 4.79 Å². The second-order valence-electron chi connectivity index (χ2n) is 7.32. The lowest BCUT2D eigenvalue weighted by Gasteiger charge is -2.42. The number of hydrogen-bond donors (Lipinski definition) is 1. The molecule has 0 spiro atoms. The van der Waals surface area contributed by atoms with Gasteiger partial charge in [0.15, 0.2) is 5.78 Å². The van der Waals surface area contributed by atoms with Gasteiger partial charge in [0.05, 0.1) is 7.11 Å². The van der Waals surface area contributed by atoms with E-state index in [4.69, 9.17) is 9.47 Å². The summed E-state index contributed by atoms with van der Waals surface area (Å²) in [5.74, 6) is -2.87. The minimum atomic E-state index is -2.07. The lowest BCUT2D eigenvalue weighted by molar-refractivity contribution is -0.223. The molecule has 1 N–H and O–H groups in total. The number of allylic oxidation sites excluding steroid dienone is 2. The van der Waals surface area contributed by atoms with Crippen LogP contribution in [-0.2, 0) is 19.1 Å². The summed E-state index contributed by atoms with van der Waals surface area (Å²) >= 11 is 0.